The number of rotatable bonds is 13. The third kappa shape index (κ3) is 11.0. The molecule has 5 heterocycles. The van der Waals surface area contributed by atoms with Gasteiger partial charge in [0.05, 0.1) is 71.5 Å². The van der Waals surface area contributed by atoms with Crippen molar-refractivity contribution in [1.82, 2.24) is 0 Å². The summed E-state index contributed by atoms with van der Waals surface area (Å²) >= 11 is 0. The van der Waals surface area contributed by atoms with Crippen molar-refractivity contribution < 1.29 is 113 Å². The molecule has 6 aliphatic rings. The molecule has 2 aromatic carbocycles. The molecule has 23 nitrogen and oxygen atoms in total. The highest BCUT2D eigenvalue weighted by atomic mass is 16.7. The summed E-state index contributed by atoms with van der Waals surface area (Å²) in [5.74, 6) is -4.37. The maximum atomic E-state index is 14.7. The summed E-state index contributed by atoms with van der Waals surface area (Å²) in [4.78, 5) is 27.5. The van der Waals surface area contributed by atoms with Crippen LogP contribution in [0.3, 0.4) is 0 Å². The number of aliphatic carboxylic acids is 1. The van der Waals surface area contributed by atoms with Crippen LogP contribution in [0.5, 0.6) is 17.2 Å². The maximum absolute atomic E-state index is 14.7. The molecule has 404 valence electrons. The highest BCUT2D eigenvalue weighted by molar-refractivity contribution is 6.11. The van der Waals surface area contributed by atoms with Gasteiger partial charge in [0.25, 0.3) is 0 Å². The SMILES string of the molecule is COC(C(=O)O)C1Cc2cc3cc(OC4CC(OC5CC(O)C(O)C(C)O5)C(O)C(C)O4)c(C)c(O)c3c(O)c2C(=O)C1OC1CC(OC2CC(OC3CC(C)(O)C(O)C(C)O3)C(O)C(C)O2)C(O)C(C)O1. The van der Waals surface area contributed by atoms with Gasteiger partial charge in [-0.1, -0.05) is 0 Å². The molecule has 0 spiro atoms. The van der Waals surface area contributed by atoms with Gasteiger partial charge in [-0.3, -0.25) is 4.79 Å². The number of aromatic hydroxyl groups is 2. The van der Waals surface area contributed by atoms with Crippen molar-refractivity contribution >= 4 is 22.5 Å². The monoisotopic (exact) mass is 1030 g/mol. The van der Waals surface area contributed by atoms with E-state index >= 15 is 0 Å². The predicted octanol–water partition coefficient (Wildman–Crippen LogP) is 0.525. The van der Waals surface area contributed by atoms with Crippen LogP contribution in [0.4, 0.5) is 0 Å². The Labute approximate surface area is 415 Å². The van der Waals surface area contributed by atoms with Crippen LogP contribution in [0.15, 0.2) is 12.1 Å². The molecule has 0 saturated carbocycles. The number of aliphatic hydroxyl groups excluding tert-OH is 6. The molecule has 23 atom stereocenters. The summed E-state index contributed by atoms with van der Waals surface area (Å²) in [6, 6.07) is 3.05. The second kappa shape index (κ2) is 21.7. The number of carboxylic acids is 1. The van der Waals surface area contributed by atoms with Crippen molar-refractivity contribution in [3.05, 3.63) is 28.8 Å². The van der Waals surface area contributed by atoms with Gasteiger partial charge in [-0.25, -0.2) is 4.79 Å². The van der Waals surface area contributed by atoms with Gasteiger partial charge in [0.2, 0.25) is 6.29 Å². The van der Waals surface area contributed by atoms with Gasteiger partial charge in [0.15, 0.2) is 37.0 Å². The first kappa shape index (κ1) is 54.8. The first-order chi connectivity index (χ1) is 33.9. The fourth-order valence-electron chi connectivity index (χ4n) is 10.9. The average molecular weight is 1030 g/mol. The summed E-state index contributed by atoms with van der Waals surface area (Å²) in [5.41, 5.74) is -1.39. The van der Waals surface area contributed by atoms with E-state index in [9.17, 15) is 60.7 Å². The smallest absolute Gasteiger partial charge is 0.333 e. The third-order valence-corrected chi connectivity index (χ3v) is 15.1. The van der Waals surface area contributed by atoms with Gasteiger partial charge in [-0.2, -0.15) is 0 Å². The molecule has 5 aliphatic heterocycles. The number of carboxylic acid groups (broad SMARTS) is 1. The number of ether oxygens (including phenoxy) is 11. The number of phenols is 2. The number of Topliss-reactive ketones (excluding diaryl/α,β-unsaturated/α-hetero) is 1. The van der Waals surface area contributed by atoms with Gasteiger partial charge in [0, 0.05) is 50.7 Å². The second-order valence-corrected chi connectivity index (χ2v) is 20.5. The number of hydrogen-bond donors (Lipinski definition) is 10. The van der Waals surface area contributed by atoms with E-state index in [1.807, 2.05) is 0 Å². The number of ketones is 1. The molecule has 0 bridgehead atoms. The maximum Gasteiger partial charge on any atom is 0.333 e. The van der Waals surface area contributed by atoms with Gasteiger partial charge in [-0.05, 0) is 78.0 Å². The summed E-state index contributed by atoms with van der Waals surface area (Å²) in [5, 5.41) is 109. The molecule has 72 heavy (non-hydrogen) atoms. The minimum absolute atomic E-state index is 0.0197. The fourth-order valence-corrected chi connectivity index (χ4v) is 10.9. The number of carbonyl (C=O) groups is 2. The first-order valence-electron chi connectivity index (χ1n) is 24.5. The summed E-state index contributed by atoms with van der Waals surface area (Å²) < 4.78 is 65.9. The fraction of sp³-hybridized carbons (Fsp3) is 0.755. The van der Waals surface area contributed by atoms with E-state index in [4.69, 9.17) is 52.1 Å². The Hall–Kier alpha value is -3.44. The van der Waals surface area contributed by atoms with Crippen molar-refractivity contribution in [2.24, 2.45) is 5.92 Å². The summed E-state index contributed by atoms with van der Waals surface area (Å²) in [7, 11) is 1.17. The normalized spacial score (nSPS) is 43.3. The molecule has 23 unspecified atom stereocenters. The Bertz CT molecular complexity index is 2250. The zero-order valence-electron chi connectivity index (χ0n) is 41.4. The van der Waals surface area contributed by atoms with E-state index in [2.05, 4.69) is 0 Å². The Morgan fingerprint density at radius 1 is 0.681 bits per heavy atom. The van der Waals surface area contributed by atoms with Crippen molar-refractivity contribution in [3.63, 3.8) is 0 Å². The molecule has 5 fully saturated rings. The van der Waals surface area contributed by atoms with Gasteiger partial charge < -0.3 is 103 Å². The van der Waals surface area contributed by atoms with Crippen LogP contribution in [0, 0.1) is 12.8 Å². The van der Waals surface area contributed by atoms with E-state index in [1.54, 1.807) is 34.6 Å². The summed E-state index contributed by atoms with van der Waals surface area (Å²) in [6.45, 7) is 10.9. The lowest BCUT2D eigenvalue weighted by Gasteiger charge is -2.46. The van der Waals surface area contributed by atoms with E-state index in [0.29, 0.717) is 0 Å². The van der Waals surface area contributed by atoms with Gasteiger partial charge in [0.1, 0.15) is 53.9 Å². The highest BCUT2D eigenvalue weighted by Gasteiger charge is 2.51. The molecule has 2 aromatic rings. The third-order valence-electron chi connectivity index (χ3n) is 15.1. The van der Waals surface area contributed by atoms with Crippen molar-refractivity contribution in [2.45, 2.75) is 222 Å². The number of methoxy groups -OCH3 is 1. The minimum Gasteiger partial charge on any atom is -0.507 e. The van der Waals surface area contributed by atoms with Crippen LogP contribution in [0.2, 0.25) is 0 Å². The molecule has 0 amide bonds. The highest BCUT2D eigenvalue weighted by Crippen LogP contribution is 2.47. The molecule has 0 radical (unpaired) electrons. The quantitative estimate of drug-likeness (QED) is 0.131. The zero-order chi connectivity index (χ0) is 52.4. The number of aliphatic hydroxyl groups is 7. The molecule has 8 rings (SSSR count). The van der Waals surface area contributed by atoms with Crippen molar-refractivity contribution in [3.8, 4) is 17.2 Å². The van der Waals surface area contributed by atoms with Crippen LogP contribution in [0.25, 0.3) is 10.8 Å². The van der Waals surface area contributed by atoms with Crippen LogP contribution in [0.1, 0.15) is 95.1 Å². The van der Waals surface area contributed by atoms with Gasteiger partial charge in [-0.15, -0.1) is 0 Å². The number of fused-ring (bicyclic) bond motifs is 2. The molecular formula is C49H70O23. The minimum atomic E-state index is -1.61. The molecule has 0 aromatic heterocycles. The number of carbonyl (C=O) groups excluding carboxylic acids is 1. The Morgan fingerprint density at radius 3 is 1.69 bits per heavy atom. The number of phenolic OH excluding ortho intramolecular Hbond substituents is 2. The second-order valence-electron chi connectivity index (χ2n) is 20.5. The van der Waals surface area contributed by atoms with Crippen molar-refractivity contribution in [1.29, 1.82) is 0 Å². The Kier molecular flexibility index (Phi) is 16.5. The molecule has 23 heteroatoms. The lowest BCUT2D eigenvalue weighted by atomic mass is 9.76. The molecular weight excluding hydrogens is 957 g/mol. The molecule has 10 N–H and O–H groups in total. The van der Waals surface area contributed by atoms with Crippen LogP contribution >= 0.6 is 0 Å². The molecule has 5 saturated heterocycles. The zero-order valence-corrected chi connectivity index (χ0v) is 41.4. The predicted molar refractivity (Wildman–Crippen MR) is 244 cm³/mol. The Balaban J connectivity index is 1.01. The van der Waals surface area contributed by atoms with E-state index in [0.717, 1.165) is 0 Å². The van der Waals surface area contributed by atoms with Crippen LogP contribution < -0.4 is 4.74 Å². The lowest BCUT2D eigenvalue weighted by molar-refractivity contribution is -0.334. The topological polar surface area (TPSA) is 338 Å². The van der Waals surface area contributed by atoms with E-state index < -0.39 is 164 Å². The van der Waals surface area contributed by atoms with Crippen LogP contribution in [-0.4, -0.2) is 205 Å². The Morgan fingerprint density at radius 2 is 1.17 bits per heavy atom. The van der Waals surface area contributed by atoms with Gasteiger partial charge >= 0.3 is 5.97 Å². The van der Waals surface area contributed by atoms with Crippen LogP contribution in [-0.2, 0) is 58.6 Å². The van der Waals surface area contributed by atoms with E-state index in [-0.39, 0.29) is 71.7 Å². The number of benzene rings is 2. The average Bonchev–Trinajstić information content (AvgIpc) is 3.29. The standard InChI is InChI=1S/C49H70O23/c1-17-27(68-32-13-28(40(53)19(3)64-32)69-31-12-26(50)39(52)18(2)63-31)11-24-9-23-10-25(46(62-8)48(59)60)45(44(57)37(23)43(56)36(24)38(17)51)72-34-15-29(41(54)21(5)66-34)70-33-14-30(42(55)20(4)65-33)71-35-16-49(7,61)47(58)22(6)67-35/h9,11,18-22,25-26,28-35,39-42,45-47,50-56,58,61H,10,12-16H2,1-8H3,(H,59,60). The van der Waals surface area contributed by atoms with E-state index in [1.165, 1.54) is 33.1 Å². The largest absolute Gasteiger partial charge is 0.507 e. The summed E-state index contributed by atoms with van der Waals surface area (Å²) in [6.07, 6.45) is -23.0. The first-order valence-corrected chi connectivity index (χ1v) is 24.5. The molecule has 1 aliphatic carbocycles. The lowest BCUT2D eigenvalue weighted by Crippen LogP contribution is -2.58. The van der Waals surface area contributed by atoms with Crippen molar-refractivity contribution in [2.75, 3.05) is 7.11 Å². The number of hydrogen-bond acceptors (Lipinski definition) is 22.